The summed E-state index contributed by atoms with van der Waals surface area (Å²) in [6.45, 7) is 1.85. The molecule has 178 valence electrons. The smallest absolute Gasteiger partial charge is 0.269 e. The van der Waals surface area contributed by atoms with Gasteiger partial charge in [0.1, 0.15) is 10.8 Å². The summed E-state index contributed by atoms with van der Waals surface area (Å²) in [5, 5.41) is 11.9. The van der Waals surface area contributed by atoms with Gasteiger partial charge in [-0.15, -0.1) is 10.2 Å². The van der Waals surface area contributed by atoms with E-state index in [0.717, 1.165) is 11.1 Å². The van der Waals surface area contributed by atoms with Crippen molar-refractivity contribution in [3.05, 3.63) is 90.0 Å². The highest BCUT2D eigenvalue weighted by Crippen LogP contribution is 2.36. The summed E-state index contributed by atoms with van der Waals surface area (Å²) in [5.74, 6) is -0.355. The second-order valence-electron chi connectivity index (χ2n) is 8.11. The molecule has 3 aromatic carbocycles. The Morgan fingerprint density at radius 3 is 2.51 bits per heavy atom. The molecule has 1 atom stereocenters. The molecule has 0 saturated carbocycles. The van der Waals surface area contributed by atoms with E-state index in [1.54, 1.807) is 48.5 Å². The molecular weight excluding hydrogens is 484 g/mol. The molecule has 2 heterocycles. The fraction of sp³-hybridized carbons (Fsp3) is 0.160. The molecule has 1 amide bonds. The highest BCUT2D eigenvalue weighted by Gasteiger charge is 2.37. The molecule has 5 rings (SSSR count). The predicted octanol–water partition coefficient (Wildman–Crippen LogP) is 4.25. The first-order valence-corrected chi connectivity index (χ1v) is 13.3. The second kappa shape index (κ2) is 9.47. The van der Waals surface area contributed by atoms with Crippen molar-refractivity contribution in [3.8, 4) is 16.3 Å². The highest BCUT2D eigenvalue weighted by atomic mass is 32.2. The summed E-state index contributed by atoms with van der Waals surface area (Å²) < 4.78 is 33.8. The van der Waals surface area contributed by atoms with Crippen LogP contribution in [-0.2, 0) is 20.6 Å². The zero-order valence-corrected chi connectivity index (χ0v) is 20.4. The lowest BCUT2D eigenvalue weighted by Gasteiger charge is -2.34. The van der Waals surface area contributed by atoms with Gasteiger partial charge in [-0.25, -0.2) is 8.42 Å². The van der Waals surface area contributed by atoms with Gasteiger partial charge in [0.2, 0.25) is 15.2 Å². The Morgan fingerprint density at radius 1 is 1.03 bits per heavy atom. The lowest BCUT2D eigenvalue weighted by molar-refractivity contribution is -0.122. The van der Waals surface area contributed by atoms with E-state index in [-0.39, 0.29) is 12.3 Å². The number of nitrogens with zero attached hydrogens (tertiary/aromatic N) is 3. The largest absolute Gasteiger partial charge is 0.476 e. The van der Waals surface area contributed by atoms with Crippen molar-refractivity contribution >= 4 is 38.1 Å². The minimum atomic E-state index is -3.78. The van der Waals surface area contributed by atoms with E-state index in [1.807, 2.05) is 37.3 Å². The second-order valence-corrected chi connectivity index (χ2v) is 11.0. The SMILES string of the molecule is Cc1ccc(-c2nnc(NC(=O)C3CN(S(=O)(=O)Cc4ccccc4)c4ccccc4O3)s2)cc1. The van der Waals surface area contributed by atoms with Crippen molar-refractivity contribution in [3.63, 3.8) is 0 Å². The van der Waals surface area contributed by atoms with E-state index in [4.69, 9.17) is 4.74 Å². The number of ether oxygens (including phenoxy) is 1. The van der Waals surface area contributed by atoms with Crippen molar-refractivity contribution in [1.29, 1.82) is 0 Å². The lowest BCUT2D eigenvalue weighted by atomic mass is 10.2. The van der Waals surface area contributed by atoms with E-state index in [0.29, 0.717) is 27.1 Å². The summed E-state index contributed by atoms with van der Waals surface area (Å²) in [6, 6.07) is 23.6. The molecule has 0 aliphatic carbocycles. The highest BCUT2D eigenvalue weighted by molar-refractivity contribution is 7.92. The fourth-order valence-corrected chi connectivity index (χ4v) is 6.07. The number of anilines is 2. The number of sulfonamides is 1. The third kappa shape index (κ3) is 5.03. The maximum atomic E-state index is 13.3. The molecule has 0 fully saturated rings. The number of fused-ring (bicyclic) bond motifs is 1. The number of nitrogens with one attached hydrogen (secondary N) is 1. The molecule has 0 saturated heterocycles. The third-order valence-corrected chi connectivity index (χ3v) is 8.11. The Kier molecular flexibility index (Phi) is 6.23. The van der Waals surface area contributed by atoms with Gasteiger partial charge in [0.25, 0.3) is 5.91 Å². The molecule has 1 aromatic heterocycles. The Hall–Kier alpha value is -3.76. The van der Waals surface area contributed by atoms with Crippen LogP contribution in [-0.4, -0.2) is 37.2 Å². The van der Waals surface area contributed by atoms with E-state index >= 15 is 0 Å². The third-order valence-electron chi connectivity index (χ3n) is 5.51. The number of carbonyl (C=O) groups is 1. The van der Waals surface area contributed by atoms with E-state index < -0.39 is 22.0 Å². The molecule has 8 nitrogen and oxygen atoms in total. The summed E-state index contributed by atoms with van der Waals surface area (Å²) in [4.78, 5) is 13.1. The minimum absolute atomic E-state index is 0.151. The number of aromatic nitrogens is 2. The molecule has 35 heavy (non-hydrogen) atoms. The van der Waals surface area contributed by atoms with Crippen molar-refractivity contribution in [2.24, 2.45) is 0 Å². The van der Waals surface area contributed by atoms with E-state index in [9.17, 15) is 13.2 Å². The van der Waals surface area contributed by atoms with Crippen LogP contribution in [0.3, 0.4) is 0 Å². The predicted molar refractivity (Wildman–Crippen MR) is 136 cm³/mol. The number of hydrogen-bond donors (Lipinski definition) is 1. The standard InChI is InChI=1S/C25H22N4O4S2/c1-17-11-13-19(14-12-17)24-27-28-25(34-24)26-23(30)22-15-29(20-9-5-6-10-21(20)33-22)35(31,32)16-18-7-3-2-4-8-18/h2-14,22H,15-16H2,1H3,(H,26,28,30). The van der Waals surface area contributed by atoms with Gasteiger partial charge >= 0.3 is 0 Å². The zero-order chi connectivity index (χ0) is 24.4. The first kappa shape index (κ1) is 23.0. The Bertz CT molecular complexity index is 1450. The first-order valence-electron chi connectivity index (χ1n) is 10.9. The van der Waals surface area contributed by atoms with Crippen LogP contribution in [0.5, 0.6) is 5.75 Å². The number of carbonyl (C=O) groups excluding carboxylic acids is 1. The Balaban J connectivity index is 1.36. The molecule has 4 aromatic rings. The molecular formula is C25H22N4O4S2. The molecule has 0 radical (unpaired) electrons. The van der Waals surface area contributed by atoms with Crippen LogP contribution >= 0.6 is 11.3 Å². The summed E-state index contributed by atoms with van der Waals surface area (Å²) in [6.07, 6.45) is -1.05. The molecule has 1 aliphatic rings. The van der Waals surface area contributed by atoms with Gasteiger partial charge in [0.15, 0.2) is 6.10 Å². The van der Waals surface area contributed by atoms with Crippen LogP contribution < -0.4 is 14.4 Å². The number of hydrogen-bond acceptors (Lipinski definition) is 7. The Morgan fingerprint density at radius 2 is 1.74 bits per heavy atom. The topological polar surface area (TPSA) is 101 Å². The summed E-state index contributed by atoms with van der Waals surface area (Å²) >= 11 is 1.24. The average Bonchev–Trinajstić information content (AvgIpc) is 3.32. The van der Waals surface area contributed by atoms with Gasteiger partial charge in [-0.3, -0.25) is 14.4 Å². The van der Waals surface area contributed by atoms with Crippen molar-refractivity contribution < 1.29 is 17.9 Å². The van der Waals surface area contributed by atoms with Crippen LogP contribution in [0.1, 0.15) is 11.1 Å². The number of amides is 1. The molecule has 1 aliphatic heterocycles. The molecule has 0 bridgehead atoms. The maximum Gasteiger partial charge on any atom is 0.269 e. The van der Waals surface area contributed by atoms with Gasteiger partial charge in [0, 0.05) is 5.56 Å². The zero-order valence-electron chi connectivity index (χ0n) is 18.8. The number of rotatable bonds is 6. The van der Waals surface area contributed by atoms with Crippen LogP contribution in [0.2, 0.25) is 0 Å². The van der Waals surface area contributed by atoms with Crippen LogP contribution in [0.15, 0.2) is 78.9 Å². The lowest BCUT2D eigenvalue weighted by Crippen LogP contribution is -2.49. The van der Waals surface area contributed by atoms with Gasteiger partial charge < -0.3 is 4.74 Å². The minimum Gasteiger partial charge on any atom is -0.476 e. The normalized spacial score (nSPS) is 15.2. The van der Waals surface area contributed by atoms with Crippen LogP contribution in [0, 0.1) is 6.92 Å². The summed E-state index contributed by atoms with van der Waals surface area (Å²) in [5.41, 5.74) is 3.10. The summed E-state index contributed by atoms with van der Waals surface area (Å²) in [7, 11) is -3.78. The van der Waals surface area contributed by atoms with Crippen molar-refractivity contribution in [2.75, 3.05) is 16.2 Å². The van der Waals surface area contributed by atoms with Gasteiger partial charge in [0.05, 0.1) is 18.0 Å². The number of para-hydroxylation sites is 2. The van der Waals surface area contributed by atoms with Crippen LogP contribution in [0.4, 0.5) is 10.8 Å². The van der Waals surface area contributed by atoms with Gasteiger partial charge in [-0.1, -0.05) is 83.6 Å². The number of benzene rings is 3. The van der Waals surface area contributed by atoms with Gasteiger partial charge in [-0.2, -0.15) is 0 Å². The Labute approximate surface area is 207 Å². The monoisotopic (exact) mass is 506 g/mol. The molecule has 1 unspecified atom stereocenters. The van der Waals surface area contributed by atoms with Crippen LogP contribution in [0.25, 0.3) is 10.6 Å². The first-order chi connectivity index (χ1) is 16.9. The fourth-order valence-electron chi connectivity index (χ4n) is 3.74. The van der Waals surface area contributed by atoms with E-state index in [1.165, 1.54) is 15.6 Å². The van der Waals surface area contributed by atoms with E-state index in [2.05, 4.69) is 15.5 Å². The van der Waals surface area contributed by atoms with Crippen molar-refractivity contribution in [2.45, 2.75) is 18.8 Å². The van der Waals surface area contributed by atoms with Crippen molar-refractivity contribution in [1.82, 2.24) is 10.2 Å². The maximum absolute atomic E-state index is 13.3. The molecule has 0 spiro atoms. The average molecular weight is 507 g/mol. The molecule has 1 N–H and O–H groups in total. The molecule has 10 heteroatoms. The van der Waals surface area contributed by atoms with Gasteiger partial charge in [-0.05, 0) is 24.6 Å². The quantitative estimate of drug-likeness (QED) is 0.420. The number of aryl methyl sites for hydroxylation is 1.